The van der Waals surface area contributed by atoms with E-state index >= 15 is 0 Å². The second-order valence-corrected chi connectivity index (χ2v) is 6.53. The molecule has 3 rings (SSSR count). The van der Waals surface area contributed by atoms with Crippen molar-refractivity contribution in [1.82, 2.24) is 20.6 Å². The topological polar surface area (TPSA) is 62.2 Å². The summed E-state index contributed by atoms with van der Waals surface area (Å²) < 4.78 is 0. The van der Waals surface area contributed by atoms with Crippen molar-refractivity contribution < 1.29 is 0 Å². The number of benzene rings is 1. The largest absolute Gasteiger partial charge is 0.351 e. The molecule has 25 heavy (non-hydrogen) atoms. The molecule has 0 aliphatic rings. The summed E-state index contributed by atoms with van der Waals surface area (Å²) in [5.41, 5.74) is 1.01. The Morgan fingerprint density at radius 2 is 1.92 bits per heavy atom. The minimum absolute atomic E-state index is 0. The number of hydrogen-bond donors (Lipinski definition) is 2. The van der Waals surface area contributed by atoms with Gasteiger partial charge in [-0.05, 0) is 17.9 Å². The number of pyridine rings is 1. The van der Waals surface area contributed by atoms with E-state index in [0.717, 1.165) is 28.5 Å². The van der Waals surface area contributed by atoms with Crippen LogP contribution in [0.25, 0.3) is 10.8 Å². The molecule has 0 spiro atoms. The maximum absolute atomic E-state index is 4.49. The minimum atomic E-state index is 0. The standard InChI is InChI=1S/C18H21N5S.HI/c1-3-14-10-21-17(24-14)12-23-18(19-2)22-11-16-15-7-5-4-6-13(15)8-9-20-16;/h4-10H,3,11-12H2,1-2H3,(H2,19,22,23);1H. The lowest BCUT2D eigenvalue weighted by molar-refractivity contribution is 0.795. The summed E-state index contributed by atoms with van der Waals surface area (Å²) in [7, 11) is 1.77. The van der Waals surface area contributed by atoms with Crippen LogP contribution in [0.1, 0.15) is 22.5 Å². The Kier molecular flexibility index (Phi) is 7.57. The summed E-state index contributed by atoms with van der Waals surface area (Å²) in [6.07, 6.45) is 4.81. The molecule has 7 heteroatoms. The zero-order valence-corrected chi connectivity index (χ0v) is 17.5. The van der Waals surface area contributed by atoms with E-state index < -0.39 is 0 Å². The number of guanidine groups is 1. The fourth-order valence-corrected chi connectivity index (χ4v) is 3.27. The van der Waals surface area contributed by atoms with Gasteiger partial charge in [0.05, 0.1) is 18.8 Å². The molecule has 0 saturated heterocycles. The number of nitrogens with zero attached hydrogens (tertiary/aromatic N) is 3. The SMILES string of the molecule is CCc1cnc(CNC(=NC)NCc2nccc3ccccc23)s1.I. The summed E-state index contributed by atoms with van der Waals surface area (Å²) in [6.45, 7) is 3.44. The molecule has 0 aliphatic heterocycles. The van der Waals surface area contributed by atoms with E-state index in [9.17, 15) is 0 Å². The number of aliphatic imine (C=N–C) groups is 1. The van der Waals surface area contributed by atoms with Crippen LogP contribution in [0, 0.1) is 0 Å². The Labute approximate surface area is 169 Å². The highest BCUT2D eigenvalue weighted by Gasteiger charge is 2.05. The van der Waals surface area contributed by atoms with Gasteiger partial charge in [-0.1, -0.05) is 31.2 Å². The van der Waals surface area contributed by atoms with Gasteiger partial charge in [-0.25, -0.2) is 4.98 Å². The molecule has 3 aromatic rings. The van der Waals surface area contributed by atoms with Gasteiger partial charge in [0.2, 0.25) is 0 Å². The lowest BCUT2D eigenvalue weighted by atomic mass is 10.1. The summed E-state index contributed by atoms with van der Waals surface area (Å²) in [6, 6.07) is 10.3. The first-order valence-electron chi connectivity index (χ1n) is 8.01. The van der Waals surface area contributed by atoms with E-state index in [-0.39, 0.29) is 24.0 Å². The zero-order valence-electron chi connectivity index (χ0n) is 14.3. The third kappa shape index (κ3) is 5.12. The van der Waals surface area contributed by atoms with E-state index in [0.29, 0.717) is 13.1 Å². The number of thiazole rings is 1. The second-order valence-electron chi connectivity index (χ2n) is 5.33. The van der Waals surface area contributed by atoms with Crippen LogP contribution >= 0.6 is 35.3 Å². The van der Waals surface area contributed by atoms with Crippen LogP contribution in [0.4, 0.5) is 0 Å². The highest BCUT2D eigenvalue weighted by atomic mass is 127. The average molecular weight is 467 g/mol. The van der Waals surface area contributed by atoms with E-state index in [2.05, 4.69) is 44.7 Å². The quantitative estimate of drug-likeness (QED) is 0.341. The normalized spacial score (nSPS) is 11.2. The van der Waals surface area contributed by atoms with Gasteiger partial charge in [-0.2, -0.15) is 0 Å². The van der Waals surface area contributed by atoms with Crippen molar-refractivity contribution in [3.63, 3.8) is 0 Å². The molecule has 132 valence electrons. The number of rotatable bonds is 5. The average Bonchev–Trinajstić information content (AvgIpc) is 3.10. The van der Waals surface area contributed by atoms with Gasteiger partial charge in [0, 0.05) is 29.7 Å². The first-order valence-corrected chi connectivity index (χ1v) is 8.82. The highest BCUT2D eigenvalue weighted by molar-refractivity contribution is 14.0. The number of fused-ring (bicyclic) bond motifs is 1. The molecule has 0 atom stereocenters. The van der Waals surface area contributed by atoms with Crippen molar-refractivity contribution in [2.24, 2.45) is 4.99 Å². The van der Waals surface area contributed by atoms with Crippen molar-refractivity contribution in [3.05, 3.63) is 58.3 Å². The molecule has 2 aromatic heterocycles. The van der Waals surface area contributed by atoms with Crippen LogP contribution in [0.5, 0.6) is 0 Å². The lowest BCUT2D eigenvalue weighted by Gasteiger charge is -2.11. The Hall–Kier alpha value is -1.74. The summed E-state index contributed by atoms with van der Waals surface area (Å²) >= 11 is 1.73. The highest BCUT2D eigenvalue weighted by Crippen LogP contribution is 2.16. The number of nitrogens with one attached hydrogen (secondary N) is 2. The molecule has 1 aromatic carbocycles. The van der Waals surface area contributed by atoms with Crippen molar-refractivity contribution in [2.45, 2.75) is 26.4 Å². The van der Waals surface area contributed by atoms with E-state index in [4.69, 9.17) is 0 Å². The molecule has 0 fully saturated rings. The van der Waals surface area contributed by atoms with Gasteiger partial charge >= 0.3 is 0 Å². The number of hydrogen-bond acceptors (Lipinski definition) is 4. The first-order chi connectivity index (χ1) is 11.8. The van der Waals surface area contributed by atoms with Crippen LogP contribution in [0.15, 0.2) is 47.7 Å². The Morgan fingerprint density at radius 3 is 2.68 bits per heavy atom. The van der Waals surface area contributed by atoms with Crippen molar-refractivity contribution in [1.29, 1.82) is 0 Å². The summed E-state index contributed by atoms with van der Waals surface area (Å²) in [4.78, 5) is 14.5. The van der Waals surface area contributed by atoms with Gasteiger partial charge in [0.15, 0.2) is 5.96 Å². The molecule has 0 saturated carbocycles. The van der Waals surface area contributed by atoms with E-state index in [1.807, 2.05) is 30.6 Å². The molecule has 0 aliphatic carbocycles. The molecule has 5 nitrogen and oxygen atoms in total. The molecule has 0 radical (unpaired) electrons. The van der Waals surface area contributed by atoms with E-state index in [1.165, 1.54) is 10.3 Å². The minimum Gasteiger partial charge on any atom is -0.351 e. The first kappa shape index (κ1) is 19.6. The number of aromatic nitrogens is 2. The number of halogens is 1. The van der Waals surface area contributed by atoms with Gasteiger partial charge in [-0.15, -0.1) is 35.3 Å². The lowest BCUT2D eigenvalue weighted by Crippen LogP contribution is -2.36. The molecule has 0 bridgehead atoms. The zero-order chi connectivity index (χ0) is 16.8. The van der Waals surface area contributed by atoms with Crippen molar-refractivity contribution in [2.75, 3.05) is 7.05 Å². The Bertz CT molecular complexity index is 841. The van der Waals surface area contributed by atoms with Crippen molar-refractivity contribution in [3.8, 4) is 0 Å². The van der Waals surface area contributed by atoms with Gasteiger partial charge in [0.1, 0.15) is 5.01 Å². The van der Waals surface area contributed by atoms with Crippen LogP contribution in [0.2, 0.25) is 0 Å². The predicted molar refractivity (Wildman–Crippen MR) is 116 cm³/mol. The second kappa shape index (κ2) is 9.67. The van der Waals surface area contributed by atoms with Crippen LogP contribution in [0.3, 0.4) is 0 Å². The molecule has 0 amide bonds. The fourth-order valence-electron chi connectivity index (χ4n) is 2.46. The summed E-state index contributed by atoms with van der Waals surface area (Å²) in [5, 5.41) is 10.0. The molecular formula is C18H22IN5S. The van der Waals surface area contributed by atoms with Crippen LogP contribution < -0.4 is 10.6 Å². The maximum atomic E-state index is 4.49. The fraction of sp³-hybridized carbons (Fsp3) is 0.278. The third-order valence-corrected chi connectivity index (χ3v) is 4.90. The Morgan fingerprint density at radius 1 is 1.12 bits per heavy atom. The van der Waals surface area contributed by atoms with Gasteiger partial charge in [0.25, 0.3) is 0 Å². The summed E-state index contributed by atoms with van der Waals surface area (Å²) in [5.74, 6) is 0.748. The molecule has 2 N–H and O–H groups in total. The Balaban J connectivity index is 0.00000225. The predicted octanol–water partition coefficient (Wildman–Crippen LogP) is 3.74. The molecule has 0 unspecified atom stereocenters. The monoisotopic (exact) mass is 467 g/mol. The molecular weight excluding hydrogens is 445 g/mol. The smallest absolute Gasteiger partial charge is 0.191 e. The van der Waals surface area contributed by atoms with Crippen LogP contribution in [-0.2, 0) is 19.5 Å². The van der Waals surface area contributed by atoms with Crippen LogP contribution in [-0.4, -0.2) is 23.0 Å². The van der Waals surface area contributed by atoms with Crippen molar-refractivity contribution >= 4 is 52.0 Å². The van der Waals surface area contributed by atoms with E-state index in [1.54, 1.807) is 18.4 Å². The third-order valence-electron chi connectivity index (χ3n) is 3.76. The maximum Gasteiger partial charge on any atom is 0.191 e. The van der Waals surface area contributed by atoms with Gasteiger partial charge < -0.3 is 10.6 Å². The molecule has 2 heterocycles. The van der Waals surface area contributed by atoms with Gasteiger partial charge in [-0.3, -0.25) is 9.98 Å². The number of aryl methyl sites for hydroxylation is 1.